The molecule has 0 aromatic heterocycles. The van der Waals surface area contributed by atoms with Crippen LogP contribution in [0.2, 0.25) is 0 Å². The van der Waals surface area contributed by atoms with Crippen LogP contribution in [0.3, 0.4) is 0 Å². The smallest absolute Gasteiger partial charge is 0.0723 e. The summed E-state index contributed by atoms with van der Waals surface area (Å²) in [4.78, 5) is 2.23. The van der Waals surface area contributed by atoms with Crippen molar-refractivity contribution in [2.45, 2.75) is 44.6 Å². The molecule has 0 amide bonds. The summed E-state index contributed by atoms with van der Waals surface area (Å²) < 4.78 is 5.12. The molecule has 0 aromatic carbocycles. The Morgan fingerprint density at radius 3 is 2.16 bits per heavy atom. The van der Waals surface area contributed by atoms with Gasteiger partial charge in [0.1, 0.15) is 0 Å². The van der Waals surface area contributed by atoms with E-state index in [4.69, 9.17) is 4.74 Å². The molecule has 0 aromatic rings. The van der Waals surface area contributed by atoms with E-state index in [1.54, 1.807) is 7.11 Å². The number of aliphatic hydroxyl groups excluding tert-OH is 1. The fraction of sp³-hybridized carbons (Fsp3) is 1.00. The molecular weight excluding hydrogens is 238 g/mol. The van der Waals surface area contributed by atoms with Gasteiger partial charge in [-0.15, -0.1) is 0 Å². The van der Waals surface area contributed by atoms with Gasteiger partial charge in [-0.3, -0.25) is 0 Å². The van der Waals surface area contributed by atoms with E-state index >= 15 is 0 Å². The molecule has 3 nitrogen and oxygen atoms in total. The molecule has 0 radical (unpaired) electrons. The summed E-state index contributed by atoms with van der Waals surface area (Å²) in [6.07, 6.45) is 8.08. The van der Waals surface area contributed by atoms with Gasteiger partial charge in [0.05, 0.1) is 12.7 Å². The standard InChI is InChI=1S/C16H29NO2/c1-17(3-4-19-2)11-15(18)16-8-12-5-13(9-16)7-14(6-12)10-16/h12-15,18H,3-11H2,1-2H3. The van der Waals surface area contributed by atoms with Crippen LogP contribution >= 0.6 is 0 Å². The Morgan fingerprint density at radius 2 is 1.68 bits per heavy atom. The predicted molar refractivity (Wildman–Crippen MR) is 76.0 cm³/mol. The third-order valence-corrected chi connectivity index (χ3v) is 5.95. The minimum absolute atomic E-state index is 0.136. The molecule has 0 spiro atoms. The van der Waals surface area contributed by atoms with E-state index in [0.29, 0.717) is 0 Å². The quantitative estimate of drug-likeness (QED) is 0.800. The van der Waals surface area contributed by atoms with Crippen molar-refractivity contribution in [1.82, 2.24) is 4.90 Å². The summed E-state index contributed by atoms with van der Waals surface area (Å²) in [5, 5.41) is 10.8. The SMILES string of the molecule is COCCN(C)CC(O)C12CC3CC(CC(C3)C1)C2. The number of methoxy groups -OCH3 is 1. The number of ether oxygens (including phenoxy) is 1. The molecule has 0 heterocycles. The van der Waals surface area contributed by atoms with Crippen molar-refractivity contribution < 1.29 is 9.84 Å². The highest BCUT2D eigenvalue weighted by Crippen LogP contribution is 2.61. The third-order valence-electron chi connectivity index (χ3n) is 5.95. The summed E-state index contributed by atoms with van der Waals surface area (Å²) in [5.74, 6) is 2.76. The largest absolute Gasteiger partial charge is 0.391 e. The van der Waals surface area contributed by atoms with Gasteiger partial charge in [-0.05, 0) is 68.7 Å². The van der Waals surface area contributed by atoms with Gasteiger partial charge in [0.25, 0.3) is 0 Å². The maximum atomic E-state index is 10.8. The number of nitrogens with zero attached hydrogens (tertiary/aromatic N) is 1. The number of hydrogen-bond donors (Lipinski definition) is 1. The lowest BCUT2D eigenvalue weighted by atomic mass is 9.48. The maximum Gasteiger partial charge on any atom is 0.0723 e. The van der Waals surface area contributed by atoms with Gasteiger partial charge in [0, 0.05) is 20.2 Å². The summed E-state index contributed by atoms with van der Waals surface area (Å²) in [5.41, 5.74) is 0.260. The van der Waals surface area contributed by atoms with Crippen LogP contribution in [-0.4, -0.2) is 50.0 Å². The van der Waals surface area contributed by atoms with Crippen molar-refractivity contribution in [3.05, 3.63) is 0 Å². The Bertz CT molecular complexity index is 283. The molecule has 1 unspecified atom stereocenters. The molecule has 4 fully saturated rings. The minimum Gasteiger partial charge on any atom is -0.391 e. The molecule has 19 heavy (non-hydrogen) atoms. The highest BCUT2D eigenvalue weighted by atomic mass is 16.5. The van der Waals surface area contributed by atoms with Gasteiger partial charge in [-0.2, -0.15) is 0 Å². The fourth-order valence-corrected chi connectivity index (χ4v) is 5.41. The number of rotatable bonds is 6. The van der Waals surface area contributed by atoms with Crippen LogP contribution in [0.1, 0.15) is 38.5 Å². The van der Waals surface area contributed by atoms with Crippen molar-refractivity contribution in [3.63, 3.8) is 0 Å². The molecule has 0 saturated heterocycles. The first kappa shape index (κ1) is 13.8. The lowest BCUT2D eigenvalue weighted by Crippen LogP contribution is -2.54. The van der Waals surface area contributed by atoms with Crippen LogP contribution in [0.5, 0.6) is 0 Å². The molecule has 1 atom stereocenters. The molecule has 4 rings (SSSR count). The second kappa shape index (κ2) is 5.34. The van der Waals surface area contributed by atoms with Gasteiger partial charge in [-0.25, -0.2) is 0 Å². The zero-order valence-corrected chi connectivity index (χ0v) is 12.5. The van der Waals surface area contributed by atoms with E-state index in [0.717, 1.165) is 37.5 Å². The molecule has 110 valence electrons. The van der Waals surface area contributed by atoms with E-state index < -0.39 is 0 Å². The van der Waals surface area contributed by atoms with Crippen LogP contribution in [0, 0.1) is 23.2 Å². The number of hydrogen-bond acceptors (Lipinski definition) is 3. The Balaban J connectivity index is 1.61. The second-order valence-corrected chi connectivity index (χ2v) is 7.55. The van der Waals surface area contributed by atoms with Crippen molar-refractivity contribution in [3.8, 4) is 0 Å². The van der Waals surface area contributed by atoms with Gasteiger partial charge in [0.2, 0.25) is 0 Å². The fourth-order valence-electron chi connectivity index (χ4n) is 5.41. The van der Waals surface area contributed by atoms with E-state index in [2.05, 4.69) is 11.9 Å². The molecule has 4 aliphatic rings. The monoisotopic (exact) mass is 267 g/mol. The zero-order chi connectivity index (χ0) is 13.5. The Labute approximate surface area is 117 Å². The van der Waals surface area contributed by atoms with Crippen LogP contribution in [0.4, 0.5) is 0 Å². The lowest BCUT2D eigenvalue weighted by molar-refractivity contribution is -0.125. The lowest BCUT2D eigenvalue weighted by Gasteiger charge is -2.58. The van der Waals surface area contributed by atoms with Crippen molar-refractivity contribution in [2.24, 2.45) is 23.2 Å². The highest BCUT2D eigenvalue weighted by molar-refractivity contribution is 5.04. The maximum absolute atomic E-state index is 10.8. The van der Waals surface area contributed by atoms with Crippen molar-refractivity contribution >= 4 is 0 Å². The van der Waals surface area contributed by atoms with Crippen LogP contribution in [0.25, 0.3) is 0 Å². The third kappa shape index (κ3) is 2.70. The van der Waals surface area contributed by atoms with Gasteiger partial charge >= 0.3 is 0 Å². The predicted octanol–water partition coefficient (Wildman–Crippen LogP) is 2.14. The van der Waals surface area contributed by atoms with Crippen molar-refractivity contribution in [1.29, 1.82) is 0 Å². The summed E-state index contributed by atoms with van der Waals surface area (Å²) >= 11 is 0. The summed E-state index contributed by atoms with van der Waals surface area (Å²) in [6, 6.07) is 0. The summed E-state index contributed by atoms with van der Waals surface area (Å²) in [6.45, 7) is 2.49. The van der Waals surface area contributed by atoms with E-state index in [9.17, 15) is 5.11 Å². The van der Waals surface area contributed by atoms with Gasteiger partial charge in [0.15, 0.2) is 0 Å². The molecule has 3 heteroatoms. The molecule has 4 bridgehead atoms. The molecule has 1 N–H and O–H groups in total. The first-order valence-corrected chi connectivity index (χ1v) is 7.97. The summed E-state index contributed by atoms with van der Waals surface area (Å²) in [7, 11) is 3.84. The van der Waals surface area contributed by atoms with Crippen molar-refractivity contribution in [2.75, 3.05) is 33.9 Å². The first-order chi connectivity index (χ1) is 9.11. The Hall–Kier alpha value is -0.120. The topological polar surface area (TPSA) is 32.7 Å². The van der Waals surface area contributed by atoms with E-state index in [1.165, 1.54) is 38.5 Å². The van der Waals surface area contributed by atoms with Crippen LogP contribution in [-0.2, 0) is 4.74 Å². The molecule has 4 saturated carbocycles. The van der Waals surface area contributed by atoms with E-state index in [1.807, 2.05) is 0 Å². The van der Waals surface area contributed by atoms with Crippen LogP contribution < -0.4 is 0 Å². The zero-order valence-electron chi connectivity index (χ0n) is 12.5. The van der Waals surface area contributed by atoms with E-state index in [-0.39, 0.29) is 11.5 Å². The number of aliphatic hydroxyl groups is 1. The van der Waals surface area contributed by atoms with Gasteiger partial charge < -0.3 is 14.7 Å². The number of likely N-dealkylation sites (N-methyl/N-ethyl adjacent to an activating group) is 1. The molecular formula is C16H29NO2. The second-order valence-electron chi connectivity index (χ2n) is 7.55. The highest BCUT2D eigenvalue weighted by Gasteiger charge is 2.53. The Kier molecular flexibility index (Phi) is 3.89. The minimum atomic E-state index is -0.136. The van der Waals surface area contributed by atoms with Crippen LogP contribution in [0.15, 0.2) is 0 Å². The van der Waals surface area contributed by atoms with Gasteiger partial charge in [-0.1, -0.05) is 0 Å². The first-order valence-electron chi connectivity index (χ1n) is 7.97. The molecule has 4 aliphatic carbocycles. The average Bonchev–Trinajstić information content (AvgIpc) is 2.34. The molecule has 0 aliphatic heterocycles. The Morgan fingerprint density at radius 1 is 1.16 bits per heavy atom. The average molecular weight is 267 g/mol. The normalized spacial score (nSPS) is 42.0.